The molecule has 4 unspecified atom stereocenters. The normalized spacial score (nSPS) is 14.9. The van der Waals surface area contributed by atoms with Gasteiger partial charge in [-0.2, -0.15) is 0 Å². The molecule has 0 saturated heterocycles. The number of carbonyl (C=O) groups is 4. The third kappa shape index (κ3) is 53.8. The van der Waals surface area contributed by atoms with Gasteiger partial charge in [0, 0.05) is 25.7 Å². The van der Waals surface area contributed by atoms with E-state index < -0.39 is 97.5 Å². The quantitative estimate of drug-likeness (QED) is 0.0222. The fourth-order valence-corrected chi connectivity index (χ4v) is 10.3. The first-order chi connectivity index (χ1) is 37.6. The molecule has 0 aromatic carbocycles. The molecule has 6 atom stereocenters. The monoisotopic (exact) mass is 1170 g/mol. The summed E-state index contributed by atoms with van der Waals surface area (Å²) in [6.07, 6.45) is 28.4. The highest BCUT2D eigenvalue weighted by atomic mass is 31.2. The molecular weight excluding hydrogens is 1050 g/mol. The van der Waals surface area contributed by atoms with Gasteiger partial charge < -0.3 is 33.8 Å². The van der Waals surface area contributed by atoms with Crippen LogP contribution in [0.3, 0.4) is 0 Å². The molecule has 0 aliphatic heterocycles. The van der Waals surface area contributed by atoms with Crippen molar-refractivity contribution in [1.29, 1.82) is 0 Å². The van der Waals surface area contributed by atoms with Crippen molar-refractivity contribution in [2.24, 2.45) is 23.7 Å². The van der Waals surface area contributed by atoms with Crippen molar-refractivity contribution >= 4 is 39.5 Å². The van der Waals surface area contributed by atoms with E-state index in [1.54, 1.807) is 0 Å². The van der Waals surface area contributed by atoms with E-state index in [1.165, 1.54) is 77.0 Å². The molecule has 0 saturated carbocycles. The zero-order chi connectivity index (χ0) is 59.0. The van der Waals surface area contributed by atoms with Gasteiger partial charge in [-0.3, -0.25) is 37.3 Å². The molecule has 0 heterocycles. The Morgan fingerprint density at radius 3 is 0.899 bits per heavy atom. The van der Waals surface area contributed by atoms with Crippen LogP contribution in [0.1, 0.15) is 280 Å². The fraction of sp³-hybridized carbons (Fsp3) is 0.933. The van der Waals surface area contributed by atoms with E-state index in [4.69, 9.17) is 37.0 Å². The Bertz CT molecular complexity index is 1600. The Morgan fingerprint density at radius 2 is 0.608 bits per heavy atom. The molecule has 17 nitrogen and oxygen atoms in total. The third-order valence-electron chi connectivity index (χ3n) is 13.9. The van der Waals surface area contributed by atoms with Crippen LogP contribution in [-0.4, -0.2) is 96.7 Å². The Hall–Kier alpha value is -1.94. The number of aliphatic hydroxyl groups excluding tert-OH is 1. The number of rotatable bonds is 57. The second-order valence-corrected chi connectivity index (χ2v) is 26.3. The van der Waals surface area contributed by atoms with Crippen LogP contribution in [0.2, 0.25) is 0 Å². The lowest BCUT2D eigenvalue weighted by Crippen LogP contribution is -2.30. The topological polar surface area (TPSA) is 237 Å². The molecule has 0 amide bonds. The molecule has 0 fully saturated rings. The first-order valence-electron chi connectivity index (χ1n) is 31.2. The van der Waals surface area contributed by atoms with Crippen molar-refractivity contribution in [3.63, 3.8) is 0 Å². The van der Waals surface area contributed by atoms with Crippen molar-refractivity contribution in [2.75, 3.05) is 39.6 Å². The van der Waals surface area contributed by atoms with Crippen molar-refractivity contribution in [1.82, 2.24) is 0 Å². The lowest BCUT2D eigenvalue weighted by atomic mass is 10.00. The van der Waals surface area contributed by atoms with Crippen LogP contribution >= 0.6 is 15.6 Å². The van der Waals surface area contributed by atoms with E-state index in [-0.39, 0.29) is 25.7 Å². The summed E-state index contributed by atoms with van der Waals surface area (Å²) in [5, 5.41) is 10.5. The molecule has 79 heavy (non-hydrogen) atoms. The van der Waals surface area contributed by atoms with E-state index in [2.05, 4.69) is 55.4 Å². The van der Waals surface area contributed by atoms with E-state index >= 15 is 0 Å². The molecule has 0 aliphatic rings. The maximum absolute atomic E-state index is 12.9. The summed E-state index contributed by atoms with van der Waals surface area (Å²) < 4.78 is 67.7. The summed E-state index contributed by atoms with van der Waals surface area (Å²) in [4.78, 5) is 71.9. The van der Waals surface area contributed by atoms with Gasteiger partial charge in [0.2, 0.25) is 0 Å². The third-order valence-corrected chi connectivity index (χ3v) is 15.8. The Labute approximate surface area is 479 Å². The Kier molecular flexibility index (Phi) is 49.3. The average Bonchev–Trinajstić information content (AvgIpc) is 3.39. The maximum atomic E-state index is 12.9. The summed E-state index contributed by atoms with van der Waals surface area (Å²) >= 11 is 0. The molecule has 468 valence electrons. The highest BCUT2D eigenvalue weighted by Gasteiger charge is 2.30. The second kappa shape index (κ2) is 50.6. The largest absolute Gasteiger partial charge is 0.472 e. The smallest absolute Gasteiger partial charge is 0.462 e. The standard InChI is InChI=1S/C60H116O17P2/c1-9-53(8)39-31-23-16-19-27-35-43-60(65)77-56(47-71-58(63)41-33-25-17-14-21-29-37-51(4)5)49-75-79(68,69)73-45-54(61)44-72-78(66,67)74-48-55(76-59(64)42-34-26-18-15-22-30-38-52(6)7)46-70-57(62)40-32-24-13-11-10-12-20-28-36-50(2)3/h50-56,61H,9-49H2,1-8H3,(H,66,67)(H,68,69)/t53?,54?,55-,56-/m1/s1. The highest BCUT2D eigenvalue weighted by molar-refractivity contribution is 7.47. The van der Waals surface area contributed by atoms with E-state index in [9.17, 15) is 43.2 Å². The van der Waals surface area contributed by atoms with Gasteiger partial charge in [0.25, 0.3) is 0 Å². The Morgan fingerprint density at radius 1 is 0.354 bits per heavy atom. The highest BCUT2D eigenvalue weighted by Crippen LogP contribution is 2.45. The van der Waals surface area contributed by atoms with Gasteiger partial charge in [-0.1, -0.05) is 229 Å². The van der Waals surface area contributed by atoms with Crippen molar-refractivity contribution in [3.8, 4) is 0 Å². The first-order valence-corrected chi connectivity index (χ1v) is 34.2. The molecule has 0 rings (SSSR count). The second-order valence-electron chi connectivity index (χ2n) is 23.4. The minimum atomic E-state index is -4.94. The minimum absolute atomic E-state index is 0.101. The van der Waals surface area contributed by atoms with Gasteiger partial charge in [0.1, 0.15) is 19.3 Å². The van der Waals surface area contributed by atoms with Gasteiger partial charge >= 0.3 is 39.5 Å². The van der Waals surface area contributed by atoms with Crippen LogP contribution in [-0.2, 0) is 65.4 Å². The van der Waals surface area contributed by atoms with Gasteiger partial charge in [-0.25, -0.2) is 9.13 Å². The number of phosphoric acid groups is 2. The van der Waals surface area contributed by atoms with E-state index in [1.807, 2.05) is 0 Å². The SMILES string of the molecule is CCC(C)CCCCCCCCC(=O)O[C@H](COC(=O)CCCCCCCCC(C)C)COP(=O)(O)OCC(O)COP(=O)(O)OC[C@@H](COC(=O)CCCCCCCCCCC(C)C)OC(=O)CCCCCCCCC(C)C. The number of phosphoric ester groups is 2. The number of ether oxygens (including phenoxy) is 4. The number of hydrogen-bond acceptors (Lipinski definition) is 15. The molecule has 0 spiro atoms. The summed E-state index contributed by atoms with van der Waals surface area (Å²) in [6.45, 7) is 13.8. The molecule has 0 radical (unpaired) electrons. The molecule has 19 heteroatoms. The first kappa shape index (κ1) is 77.1. The van der Waals surface area contributed by atoms with Gasteiger partial charge in [0.15, 0.2) is 12.2 Å². The fourth-order valence-electron chi connectivity index (χ4n) is 8.69. The maximum Gasteiger partial charge on any atom is 0.472 e. The predicted octanol–water partition coefficient (Wildman–Crippen LogP) is 15.8. The van der Waals surface area contributed by atoms with E-state index in [0.29, 0.717) is 37.5 Å². The molecule has 0 aromatic rings. The van der Waals surface area contributed by atoms with Gasteiger partial charge in [-0.15, -0.1) is 0 Å². The number of aliphatic hydroxyl groups is 1. The zero-order valence-electron chi connectivity index (χ0n) is 51.0. The average molecular weight is 1170 g/mol. The molecule has 0 aromatic heterocycles. The molecule has 0 aliphatic carbocycles. The van der Waals surface area contributed by atoms with Gasteiger partial charge in [0.05, 0.1) is 26.4 Å². The lowest BCUT2D eigenvalue weighted by Gasteiger charge is -2.21. The lowest BCUT2D eigenvalue weighted by molar-refractivity contribution is -0.161. The van der Waals surface area contributed by atoms with Gasteiger partial charge in [-0.05, 0) is 49.4 Å². The zero-order valence-corrected chi connectivity index (χ0v) is 52.8. The van der Waals surface area contributed by atoms with Crippen LogP contribution in [0.15, 0.2) is 0 Å². The van der Waals surface area contributed by atoms with Crippen LogP contribution in [0.25, 0.3) is 0 Å². The predicted molar refractivity (Wildman–Crippen MR) is 312 cm³/mol. The van der Waals surface area contributed by atoms with Crippen molar-refractivity contribution in [2.45, 2.75) is 298 Å². The van der Waals surface area contributed by atoms with Crippen LogP contribution in [0.5, 0.6) is 0 Å². The molecule has 3 N–H and O–H groups in total. The number of esters is 4. The molecular formula is C60H116O17P2. The number of hydrogen-bond donors (Lipinski definition) is 3. The molecule has 0 bridgehead atoms. The number of unbranched alkanes of at least 4 members (excludes halogenated alkanes) is 22. The Balaban J connectivity index is 5.24. The van der Waals surface area contributed by atoms with Crippen molar-refractivity contribution in [3.05, 3.63) is 0 Å². The summed E-state index contributed by atoms with van der Waals surface area (Å²) in [7, 11) is -9.88. The van der Waals surface area contributed by atoms with Crippen LogP contribution < -0.4 is 0 Å². The van der Waals surface area contributed by atoms with Crippen LogP contribution in [0, 0.1) is 23.7 Å². The van der Waals surface area contributed by atoms with Crippen LogP contribution in [0.4, 0.5) is 0 Å². The van der Waals surface area contributed by atoms with E-state index in [0.717, 1.165) is 108 Å². The minimum Gasteiger partial charge on any atom is -0.462 e. The summed E-state index contributed by atoms with van der Waals surface area (Å²) in [5.41, 5.74) is 0. The summed E-state index contributed by atoms with van der Waals surface area (Å²) in [5.74, 6) is 0.643. The van der Waals surface area contributed by atoms with Crippen molar-refractivity contribution < 1.29 is 80.2 Å². The summed E-state index contributed by atoms with van der Waals surface area (Å²) in [6, 6.07) is 0. The number of carbonyl (C=O) groups excluding carboxylic acids is 4.